The van der Waals surface area contributed by atoms with E-state index in [2.05, 4.69) is 0 Å². The van der Waals surface area contributed by atoms with Crippen LogP contribution in [-0.2, 0) is 4.79 Å². The van der Waals surface area contributed by atoms with Crippen LogP contribution in [0, 0.1) is 0 Å². The van der Waals surface area contributed by atoms with Crippen LogP contribution in [0.25, 0.3) is 0 Å². The van der Waals surface area contributed by atoms with Crippen LogP contribution >= 0.6 is 0 Å². The number of carbonyl (C=O) groups is 1. The van der Waals surface area contributed by atoms with E-state index in [1.807, 2.05) is 11.8 Å². The standard InChI is InChI=1S/C8H15NO3/c1-6-3-4-9(6)8(2,5-10)7(11)12/h6,10H,3-5H2,1-2H3,(H,11,12). The van der Waals surface area contributed by atoms with E-state index < -0.39 is 11.5 Å². The first-order valence-corrected chi connectivity index (χ1v) is 4.13. The average Bonchev–Trinajstić information content (AvgIpc) is 2.01. The van der Waals surface area contributed by atoms with E-state index in [0.29, 0.717) is 0 Å². The lowest BCUT2D eigenvalue weighted by Gasteiger charge is -2.47. The van der Waals surface area contributed by atoms with Crippen molar-refractivity contribution in [3.63, 3.8) is 0 Å². The molecule has 1 aliphatic rings. The Morgan fingerprint density at radius 2 is 2.33 bits per heavy atom. The predicted octanol–water partition coefficient (Wildman–Crippen LogP) is -0.0838. The molecule has 1 saturated heterocycles. The molecule has 0 bridgehead atoms. The van der Waals surface area contributed by atoms with Gasteiger partial charge in [-0.1, -0.05) is 0 Å². The molecule has 0 aromatic carbocycles. The van der Waals surface area contributed by atoms with Gasteiger partial charge in [0.1, 0.15) is 5.54 Å². The van der Waals surface area contributed by atoms with Gasteiger partial charge in [0.25, 0.3) is 0 Å². The molecule has 0 radical (unpaired) electrons. The number of aliphatic hydroxyl groups excluding tert-OH is 1. The van der Waals surface area contributed by atoms with Gasteiger partial charge >= 0.3 is 5.97 Å². The van der Waals surface area contributed by atoms with Crippen molar-refractivity contribution < 1.29 is 15.0 Å². The summed E-state index contributed by atoms with van der Waals surface area (Å²) in [5.74, 6) is -0.948. The summed E-state index contributed by atoms with van der Waals surface area (Å²) in [6.45, 7) is 3.97. The summed E-state index contributed by atoms with van der Waals surface area (Å²) < 4.78 is 0. The fraction of sp³-hybridized carbons (Fsp3) is 0.875. The molecule has 1 fully saturated rings. The van der Waals surface area contributed by atoms with Gasteiger partial charge in [-0.25, -0.2) is 0 Å². The number of nitrogens with zero attached hydrogens (tertiary/aromatic N) is 1. The minimum absolute atomic E-state index is 0.276. The molecule has 70 valence electrons. The van der Waals surface area contributed by atoms with Gasteiger partial charge in [0.2, 0.25) is 0 Å². The molecule has 2 N–H and O–H groups in total. The van der Waals surface area contributed by atoms with Crippen LogP contribution in [0.5, 0.6) is 0 Å². The molecule has 0 spiro atoms. The predicted molar refractivity (Wildman–Crippen MR) is 43.9 cm³/mol. The Labute approximate surface area is 71.8 Å². The van der Waals surface area contributed by atoms with Crippen molar-refractivity contribution in [2.24, 2.45) is 0 Å². The Morgan fingerprint density at radius 3 is 2.42 bits per heavy atom. The first-order valence-electron chi connectivity index (χ1n) is 4.13. The third-order valence-electron chi connectivity index (χ3n) is 2.72. The number of aliphatic hydroxyl groups is 1. The summed E-state index contributed by atoms with van der Waals surface area (Å²) in [5.41, 5.74) is -1.09. The Hall–Kier alpha value is -0.610. The number of carboxylic acid groups (broad SMARTS) is 1. The van der Waals surface area contributed by atoms with Gasteiger partial charge < -0.3 is 10.2 Å². The largest absolute Gasteiger partial charge is 0.480 e. The van der Waals surface area contributed by atoms with E-state index >= 15 is 0 Å². The quantitative estimate of drug-likeness (QED) is 0.626. The number of carboxylic acids is 1. The van der Waals surface area contributed by atoms with Crippen LogP contribution < -0.4 is 0 Å². The van der Waals surface area contributed by atoms with Crippen molar-refractivity contribution >= 4 is 5.97 Å². The van der Waals surface area contributed by atoms with Gasteiger partial charge in [0.15, 0.2) is 0 Å². The highest BCUT2D eigenvalue weighted by atomic mass is 16.4. The Balaban J connectivity index is 2.72. The van der Waals surface area contributed by atoms with E-state index in [1.165, 1.54) is 0 Å². The van der Waals surface area contributed by atoms with Crippen LogP contribution in [0.15, 0.2) is 0 Å². The van der Waals surface area contributed by atoms with Crippen molar-refractivity contribution in [3.05, 3.63) is 0 Å². The van der Waals surface area contributed by atoms with Crippen molar-refractivity contribution in [1.29, 1.82) is 0 Å². The van der Waals surface area contributed by atoms with Gasteiger partial charge in [-0.2, -0.15) is 0 Å². The van der Waals surface area contributed by atoms with Gasteiger partial charge in [-0.05, 0) is 20.3 Å². The summed E-state index contributed by atoms with van der Waals surface area (Å²) >= 11 is 0. The summed E-state index contributed by atoms with van der Waals surface area (Å²) in [5, 5.41) is 17.9. The third-order valence-corrected chi connectivity index (χ3v) is 2.72. The molecule has 0 aromatic heterocycles. The zero-order valence-electron chi connectivity index (χ0n) is 7.45. The lowest BCUT2D eigenvalue weighted by Crippen LogP contribution is -2.64. The van der Waals surface area contributed by atoms with E-state index in [-0.39, 0.29) is 12.6 Å². The van der Waals surface area contributed by atoms with Gasteiger partial charge in [-0.3, -0.25) is 9.69 Å². The van der Waals surface area contributed by atoms with E-state index in [4.69, 9.17) is 10.2 Å². The average molecular weight is 173 g/mol. The Morgan fingerprint density at radius 1 is 1.75 bits per heavy atom. The molecule has 2 atom stereocenters. The van der Waals surface area contributed by atoms with Crippen LogP contribution in [0.3, 0.4) is 0 Å². The van der Waals surface area contributed by atoms with E-state index in [0.717, 1.165) is 13.0 Å². The molecule has 12 heavy (non-hydrogen) atoms. The molecule has 0 amide bonds. The lowest BCUT2D eigenvalue weighted by atomic mass is 9.92. The maximum absolute atomic E-state index is 10.8. The molecule has 1 heterocycles. The number of hydrogen-bond donors (Lipinski definition) is 2. The Bertz CT molecular complexity index is 195. The van der Waals surface area contributed by atoms with Crippen LogP contribution in [0.2, 0.25) is 0 Å². The summed E-state index contributed by atoms with van der Waals surface area (Å²) in [6.07, 6.45) is 1.02. The Kier molecular flexibility index (Phi) is 2.39. The van der Waals surface area contributed by atoms with E-state index in [9.17, 15) is 4.79 Å². The highest BCUT2D eigenvalue weighted by Crippen LogP contribution is 2.27. The lowest BCUT2D eigenvalue weighted by molar-refractivity contribution is -0.160. The van der Waals surface area contributed by atoms with E-state index in [1.54, 1.807) is 6.92 Å². The molecule has 1 rings (SSSR count). The van der Waals surface area contributed by atoms with Crippen LogP contribution in [0.1, 0.15) is 20.3 Å². The minimum Gasteiger partial charge on any atom is -0.480 e. The minimum atomic E-state index is -1.09. The summed E-state index contributed by atoms with van der Waals surface area (Å²) in [6, 6.07) is 0.276. The summed E-state index contributed by atoms with van der Waals surface area (Å²) in [4.78, 5) is 12.6. The molecular formula is C8H15NO3. The van der Waals surface area contributed by atoms with Crippen LogP contribution in [0.4, 0.5) is 0 Å². The summed E-state index contributed by atoms with van der Waals surface area (Å²) in [7, 11) is 0. The van der Waals surface area contributed by atoms with Crippen LogP contribution in [-0.4, -0.2) is 45.8 Å². The van der Waals surface area contributed by atoms with Gasteiger partial charge in [0, 0.05) is 12.6 Å². The molecular weight excluding hydrogens is 158 g/mol. The zero-order chi connectivity index (χ0) is 9.35. The van der Waals surface area contributed by atoms with Crippen molar-refractivity contribution in [1.82, 2.24) is 4.90 Å². The molecule has 2 unspecified atom stereocenters. The smallest absolute Gasteiger partial charge is 0.326 e. The fourth-order valence-electron chi connectivity index (χ4n) is 1.53. The third kappa shape index (κ3) is 1.21. The van der Waals surface area contributed by atoms with Gasteiger partial charge in [-0.15, -0.1) is 0 Å². The normalized spacial score (nSPS) is 29.1. The van der Waals surface area contributed by atoms with Crippen molar-refractivity contribution in [3.8, 4) is 0 Å². The number of rotatable bonds is 3. The molecule has 4 heteroatoms. The first kappa shape index (κ1) is 9.48. The molecule has 1 aliphatic heterocycles. The van der Waals surface area contributed by atoms with Crippen molar-refractivity contribution in [2.75, 3.05) is 13.2 Å². The number of aliphatic carboxylic acids is 1. The fourth-order valence-corrected chi connectivity index (χ4v) is 1.53. The number of likely N-dealkylation sites (tertiary alicyclic amines) is 1. The monoisotopic (exact) mass is 173 g/mol. The second-order valence-corrected chi connectivity index (χ2v) is 3.57. The maximum Gasteiger partial charge on any atom is 0.326 e. The molecule has 0 aliphatic carbocycles. The molecule has 0 saturated carbocycles. The zero-order valence-corrected chi connectivity index (χ0v) is 7.45. The highest BCUT2D eigenvalue weighted by molar-refractivity contribution is 5.78. The second-order valence-electron chi connectivity index (χ2n) is 3.57. The second kappa shape index (κ2) is 3.03. The van der Waals surface area contributed by atoms with Gasteiger partial charge in [0.05, 0.1) is 6.61 Å². The topological polar surface area (TPSA) is 60.8 Å². The van der Waals surface area contributed by atoms with Crippen molar-refractivity contribution in [2.45, 2.75) is 31.8 Å². The highest BCUT2D eigenvalue weighted by Gasteiger charge is 2.45. The SMILES string of the molecule is CC1CCN1C(C)(CO)C(=O)O. The first-order chi connectivity index (χ1) is 5.52. The number of hydrogen-bond acceptors (Lipinski definition) is 3. The molecule has 0 aromatic rings. The molecule has 4 nitrogen and oxygen atoms in total. The maximum atomic E-state index is 10.8.